The highest BCUT2D eigenvalue weighted by atomic mass is 16.5. The molecular weight excluding hydrogens is 370 g/mol. The van der Waals surface area contributed by atoms with Crippen molar-refractivity contribution in [3.63, 3.8) is 0 Å². The number of carbonyl (C=O) groups is 2. The number of esters is 2. The molecule has 1 aliphatic heterocycles. The molecule has 0 aliphatic carbocycles. The van der Waals surface area contributed by atoms with Crippen LogP contribution in [-0.2, 0) is 25.7 Å². The van der Waals surface area contributed by atoms with Gasteiger partial charge >= 0.3 is 11.9 Å². The van der Waals surface area contributed by atoms with Crippen molar-refractivity contribution in [1.29, 1.82) is 0 Å². The third kappa shape index (κ3) is 4.73. The van der Waals surface area contributed by atoms with Crippen molar-refractivity contribution in [3.8, 4) is 5.75 Å². The van der Waals surface area contributed by atoms with Gasteiger partial charge in [0.25, 0.3) is 0 Å². The topological polar surface area (TPSA) is 65.1 Å². The highest BCUT2D eigenvalue weighted by molar-refractivity contribution is 6.05. The molecule has 6 heteroatoms. The molecule has 0 bridgehead atoms. The SMILES string of the molecule is COC(=O)C1=C(C(=O)OC)N(c2cccc(OCc3ccccc3)c2)C=CC=C1. The van der Waals surface area contributed by atoms with Crippen molar-refractivity contribution < 1.29 is 23.8 Å². The number of nitrogens with zero attached hydrogens (tertiary/aromatic N) is 1. The van der Waals surface area contributed by atoms with E-state index in [-0.39, 0.29) is 11.3 Å². The van der Waals surface area contributed by atoms with Gasteiger partial charge in [0.2, 0.25) is 0 Å². The molecule has 148 valence electrons. The second-order valence-electron chi connectivity index (χ2n) is 6.09. The zero-order chi connectivity index (χ0) is 20.6. The Labute approximate surface area is 169 Å². The molecule has 0 N–H and O–H groups in total. The number of ether oxygens (including phenoxy) is 3. The summed E-state index contributed by atoms with van der Waals surface area (Å²) >= 11 is 0. The van der Waals surface area contributed by atoms with Gasteiger partial charge in [-0.05, 0) is 29.8 Å². The Bertz CT molecular complexity index is 976. The minimum absolute atomic E-state index is 0.0598. The van der Waals surface area contributed by atoms with E-state index in [4.69, 9.17) is 14.2 Å². The number of anilines is 1. The Morgan fingerprint density at radius 1 is 0.897 bits per heavy atom. The minimum Gasteiger partial charge on any atom is -0.489 e. The van der Waals surface area contributed by atoms with Crippen molar-refractivity contribution in [2.75, 3.05) is 19.1 Å². The van der Waals surface area contributed by atoms with E-state index in [1.54, 1.807) is 29.3 Å². The summed E-state index contributed by atoms with van der Waals surface area (Å²) in [7, 11) is 2.53. The first-order chi connectivity index (χ1) is 14.1. The molecule has 1 aliphatic rings. The molecule has 0 amide bonds. The van der Waals surface area contributed by atoms with Crippen LogP contribution in [-0.4, -0.2) is 26.2 Å². The first-order valence-corrected chi connectivity index (χ1v) is 8.96. The zero-order valence-electron chi connectivity index (χ0n) is 16.2. The largest absolute Gasteiger partial charge is 0.489 e. The van der Waals surface area contributed by atoms with Gasteiger partial charge < -0.3 is 19.1 Å². The van der Waals surface area contributed by atoms with Gasteiger partial charge in [-0.3, -0.25) is 0 Å². The standard InChI is InChI=1S/C23H21NO5/c1-27-22(25)20-13-6-7-14-24(21(20)23(26)28-2)18-11-8-12-19(15-18)29-16-17-9-4-3-5-10-17/h3-15H,16H2,1-2H3. The number of carbonyl (C=O) groups excluding carboxylic acids is 2. The molecule has 1 heterocycles. The lowest BCUT2D eigenvalue weighted by Crippen LogP contribution is -2.26. The van der Waals surface area contributed by atoms with Crippen LogP contribution in [0, 0.1) is 0 Å². The van der Waals surface area contributed by atoms with E-state index in [0.717, 1.165) is 5.56 Å². The number of allylic oxidation sites excluding steroid dienone is 2. The van der Waals surface area contributed by atoms with E-state index in [0.29, 0.717) is 18.0 Å². The smallest absolute Gasteiger partial charge is 0.355 e. The summed E-state index contributed by atoms with van der Waals surface area (Å²) in [5.41, 5.74) is 1.83. The van der Waals surface area contributed by atoms with Crippen LogP contribution in [0.25, 0.3) is 0 Å². The average Bonchev–Trinajstić information content (AvgIpc) is 3.00. The number of hydrogen-bond donors (Lipinski definition) is 0. The number of methoxy groups -OCH3 is 2. The lowest BCUT2D eigenvalue weighted by Gasteiger charge is -2.23. The van der Waals surface area contributed by atoms with E-state index in [1.807, 2.05) is 48.5 Å². The van der Waals surface area contributed by atoms with E-state index in [9.17, 15) is 9.59 Å². The lowest BCUT2D eigenvalue weighted by molar-refractivity contribution is -0.139. The number of benzene rings is 2. The Morgan fingerprint density at radius 2 is 1.66 bits per heavy atom. The molecule has 3 rings (SSSR count). The summed E-state index contributed by atoms with van der Waals surface area (Å²) < 4.78 is 15.6. The molecule has 0 saturated carbocycles. The van der Waals surface area contributed by atoms with E-state index in [2.05, 4.69) is 0 Å². The molecule has 6 nitrogen and oxygen atoms in total. The van der Waals surface area contributed by atoms with Gasteiger partial charge in [0.1, 0.15) is 18.1 Å². The van der Waals surface area contributed by atoms with Crippen LogP contribution >= 0.6 is 0 Å². The van der Waals surface area contributed by atoms with Crippen LogP contribution in [0.1, 0.15) is 5.56 Å². The maximum Gasteiger partial charge on any atom is 0.355 e. The fraction of sp³-hybridized carbons (Fsp3) is 0.130. The zero-order valence-corrected chi connectivity index (χ0v) is 16.2. The van der Waals surface area contributed by atoms with Gasteiger partial charge in [-0.25, -0.2) is 9.59 Å². The van der Waals surface area contributed by atoms with Crippen LogP contribution in [0.15, 0.2) is 90.3 Å². The van der Waals surface area contributed by atoms with Gasteiger partial charge in [-0.2, -0.15) is 0 Å². The Kier molecular flexibility index (Phi) is 6.47. The molecule has 2 aromatic rings. The van der Waals surface area contributed by atoms with Crippen molar-refractivity contribution in [1.82, 2.24) is 0 Å². The van der Waals surface area contributed by atoms with Crippen LogP contribution < -0.4 is 9.64 Å². The summed E-state index contributed by atoms with van der Waals surface area (Å²) in [5, 5.41) is 0. The predicted molar refractivity (Wildman–Crippen MR) is 109 cm³/mol. The number of rotatable bonds is 6. The molecule has 0 saturated heterocycles. The van der Waals surface area contributed by atoms with E-state index >= 15 is 0 Å². The summed E-state index contributed by atoms with van der Waals surface area (Å²) in [4.78, 5) is 26.3. The quantitative estimate of drug-likeness (QED) is 0.699. The second-order valence-corrected chi connectivity index (χ2v) is 6.09. The molecule has 0 atom stereocenters. The predicted octanol–water partition coefficient (Wildman–Crippen LogP) is 3.76. The van der Waals surface area contributed by atoms with Gasteiger partial charge in [-0.15, -0.1) is 0 Å². The Balaban J connectivity index is 1.94. The highest BCUT2D eigenvalue weighted by Gasteiger charge is 2.27. The normalized spacial score (nSPS) is 13.1. The molecule has 0 radical (unpaired) electrons. The molecule has 0 fully saturated rings. The molecule has 0 aromatic heterocycles. The second kappa shape index (κ2) is 9.41. The fourth-order valence-corrected chi connectivity index (χ4v) is 2.83. The third-order valence-electron chi connectivity index (χ3n) is 4.23. The van der Waals surface area contributed by atoms with Crippen molar-refractivity contribution in [3.05, 3.63) is 95.9 Å². The van der Waals surface area contributed by atoms with Crippen molar-refractivity contribution in [2.24, 2.45) is 0 Å². The Morgan fingerprint density at radius 3 is 2.38 bits per heavy atom. The van der Waals surface area contributed by atoms with E-state index in [1.165, 1.54) is 20.3 Å². The van der Waals surface area contributed by atoms with Crippen LogP contribution in [0.5, 0.6) is 5.75 Å². The molecular formula is C23H21NO5. The minimum atomic E-state index is -0.655. The van der Waals surface area contributed by atoms with Crippen molar-refractivity contribution >= 4 is 17.6 Å². The summed E-state index contributed by atoms with van der Waals surface area (Å²) in [6, 6.07) is 17.0. The summed E-state index contributed by atoms with van der Waals surface area (Å²) in [6.07, 6.45) is 6.57. The highest BCUT2D eigenvalue weighted by Crippen LogP contribution is 2.29. The Hall–Kier alpha value is -3.80. The third-order valence-corrected chi connectivity index (χ3v) is 4.23. The fourth-order valence-electron chi connectivity index (χ4n) is 2.83. The van der Waals surface area contributed by atoms with Crippen LogP contribution in [0.4, 0.5) is 5.69 Å². The first-order valence-electron chi connectivity index (χ1n) is 8.96. The van der Waals surface area contributed by atoms with Crippen LogP contribution in [0.3, 0.4) is 0 Å². The maximum absolute atomic E-state index is 12.5. The van der Waals surface area contributed by atoms with E-state index < -0.39 is 11.9 Å². The van der Waals surface area contributed by atoms with Crippen molar-refractivity contribution in [2.45, 2.75) is 6.61 Å². The van der Waals surface area contributed by atoms with Gasteiger partial charge in [-0.1, -0.05) is 42.5 Å². The molecule has 0 unspecified atom stereocenters. The van der Waals surface area contributed by atoms with Gasteiger partial charge in [0.05, 0.1) is 19.8 Å². The maximum atomic E-state index is 12.5. The molecule has 29 heavy (non-hydrogen) atoms. The number of hydrogen-bond acceptors (Lipinski definition) is 6. The summed E-state index contributed by atoms with van der Waals surface area (Å²) in [6.45, 7) is 0.412. The molecule has 2 aromatic carbocycles. The van der Waals surface area contributed by atoms with Crippen LogP contribution in [0.2, 0.25) is 0 Å². The lowest BCUT2D eigenvalue weighted by atomic mass is 10.1. The van der Waals surface area contributed by atoms with Gasteiger partial charge in [0.15, 0.2) is 0 Å². The first kappa shape index (κ1) is 19.9. The average molecular weight is 391 g/mol. The molecule has 0 spiro atoms. The summed E-state index contributed by atoms with van der Waals surface area (Å²) in [5.74, 6) is -0.662. The monoisotopic (exact) mass is 391 g/mol. The van der Waals surface area contributed by atoms with Gasteiger partial charge in [0, 0.05) is 18.0 Å².